The number of nitrogens with zero attached hydrogens (tertiary/aromatic N) is 1. The van der Waals surface area contributed by atoms with Gasteiger partial charge < -0.3 is 0 Å². The molecule has 6 heteroatoms. The van der Waals surface area contributed by atoms with Gasteiger partial charge in [0.15, 0.2) is 0 Å². The summed E-state index contributed by atoms with van der Waals surface area (Å²) < 4.78 is 35.4. The molecule has 0 saturated carbocycles. The molecule has 0 atom stereocenters. The van der Waals surface area contributed by atoms with E-state index in [2.05, 4.69) is 20.9 Å². The molecule has 0 bridgehead atoms. The maximum atomic E-state index is 13.0. The minimum Gasteiger partial charge on any atom is -0.229 e. The van der Waals surface area contributed by atoms with E-state index in [1.807, 2.05) is 0 Å². The number of halogens is 2. The summed E-state index contributed by atoms with van der Waals surface area (Å²) in [7, 11) is -3.06. The predicted octanol–water partition coefficient (Wildman–Crippen LogP) is 1.57. The van der Waals surface area contributed by atoms with E-state index < -0.39 is 15.8 Å². The molecule has 0 saturated heterocycles. The van der Waals surface area contributed by atoms with E-state index in [4.69, 9.17) is 0 Å². The number of pyridine rings is 1. The normalized spacial score (nSPS) is 11.6. The Bertz CT molecular complexity index is 433. The lowest BCUT2D eigenvalue weighted by molar-refractivity contribution is 0.566. The lowest BCUT2D eigenvalue weighted by atomic mass is 10.2. The molecule has 1 aromatic rings. The zero-order valence-electron chi connectivity index (χ0n) is 7.50. The fourth-order valence-corrected chi connectivity index (χ4v) is 1.90. The summed E-state index contributed by atoms with van der Waals surface area (Å²) in [5, 5.41) is 0. The number of aryl methyl sites for hydroxylation is 1. The third-order valence-electron chi connectivity index (χ3n) is 1.62. The molecule has 1 rings (SSSR count). The second-order valence-corrected chi connectivity index (χ2v) is 6.16. The van der Waals surface area contributed by atoms with E-state index in [-0.39, 0.29) is 12.2 Å². The SMILES string of the molecule is CS(=O)(=O)CCc1cc(Br)cnc1F. The average molecular weight is 282 g/mol. The first-order valence-electron chi connectivity index (χ1n) is 3.86. The van der Waals surface area contributed by atoms with Crippen LogP contribution in [0.15, 0.2) is 16.7 Å². The van der Waals surface area contributed by atoms with Crippen molar-refractivity contribution >= 4 is 25.8 Å². The van der Waals surface area contributed by atoms with E-state index in [0.29, 0.717) is 10.0 Å². The van der Waals surface area contributed by atoms with Gasteiger partial charge in [-0.25, -0.2) is 13.4 Å². The standard InChI is InChI=1S/C8H9BrFNO2S/c1-14(12,13)3-2-6-4-7(9)5-11-8(6)10/h4-5H,2-3H2,1H3. The monoisotopic (exact) mass is 281 g/mol. The highest BCUT2D eigenvalue weighted by Gasteiger charge is 2.08. The maximum absolute atomic E-state index is 13.0. The van der Waals surface area contributed by atoms with Gasteiger partial charge in [-0.1, -0.05) is 0 Å². The molecule has 0 N–H and O–H groups in total. The largest absolute Gasteiger partial charge is 0.229 e. The van der Waals surface area contributed by atoms with Gasteiger partial charge in [0, 0.05) is 22.5 Å². The molecular weight excluding hydrogens is 273 g/mol. The Balaban J connectivity index is 2.81. The first kappa shape index (κ1) is 11.6. The van der Waals surface area contributed by atoms with Crippen LogP contribution in [0, 0.1) is 5.95 Å². The first-order chi connectivity index (χ1) is 6.38. The third kappa shape index (κ3) is 3.71. The second kappa shape index (κ2) is 4.35. The summed E-state index contributed by atoms with van der Waals surface area (Å²) in [5.74, 6) is -0.681. The first-order valence-corrected chi connectivity index (χ1v) is 6.71. The van der Waals surface area contributed by atoms with Crippen molar-refractivity contribution in [3.05, 3.63) is 28.2 Å². The summed E-state index contributed by atoms with van der Waals surface area (Å²) in [6, 6.07) is 1.54. The van der Waals surface area contributed by atoms with Crippen LogP contribution >= 0.6 is 15.9 Å². The molecule has 3 nitrogen and oxygen atoms in total. The molecule has 0 aliphatic rings. The Labute approximate surface area is 90.4 Å². The van der Waals surface area contributed by atoms with Crippen LogP contribution in [0.4, 0.5) is 4.39 Å². The molecule has 0 radical (unpaired) electrons. The fourth-order valence-electron chi connectivity index (χ4n) is 0.935. The molecular formula is C8H9BrFNO2S. The molecule has 78 valence electrons. The quantitative estimate of drug-likeness (QED) is 0.791. The van der Waals surface area contributed by atoms with Gasteiger partial charge in [-0.2, -0.15) is 4.39 Å². The van der Waals surface area contributed by atoms with Gasteiger partial charge in [0.1, 0.15) is 9.84 Å². The Morgan fingerprint density at radius 2 is 2.21 bits per heavy atom. The van der Waals surface area contributed by atoms with Crippen LogP contribution in [-0.2, 0) is 16.3 Å². The van der Waals surface area contributed by atoms with Crippen LogP contribution in [0.1, 0.15) is 5.56 Å². The summed E-state index contributed by atoms with van der Waals surface area (Å²) in [6.07, 6.45) is 2.60. The van der Waals surface area contributed by atoms with Gasteiger partial charge in [-0.05, 0) is 28.4 Å². The van der Waals surface area contributed by atoms with Crippen molar-refractivity contribution in [2.24, 2.45) is 0 Å². The van der Waals surface area contributed by atoms with Gasteiger partial charge in [0.2, 0.25) is 5.95 Å². The molecule has 14 heavy (non-hydrogen) atoms. The van der Waals surface area contributed by atoms with E-state index >= 15 is 0 Å². The molecule has 0 aliphatic carbocycles. The minimum absolute atomic E-state index is 0.0674. The lowest BCUT2D eigenvalue weighted by Gasteiger charge is -2.01. The van der Waals surface area contributed by atoms with Gasteiger partial charge in [0.25, 0.3) is 0 Å². The van der Waals surface area contributed by atoms with E-state index in [1.165, 1.54) is 12.3 Å². The Kier molecular flexibility index (Phi) is 3.60. The zero-order chi connectivity index (χ0) is 10.8. The molecule has 0 aliphatic heterocycles. The predicted molar refractivity (Wildman–Crippen MR) is 55.3 cm³/mol. The highest BCUT2D eigenvalue weighted by Crippen LogP contribution is 2.13. The molecule has 1 aromatic heterocycles. The number of hydrogen-bond acceptors (Lipinski definition) is 3. The van der Waals surface area contributed by atoms with Crippen molar-refractivity contribution < 1.29 is 12.8 Å². The van der Waals surface area contributed by atoms with Crippen LogP contribution in [0.2, 0.25) is 0 Å². The molecule has 0 aromatic carbocycles. The summed E-state index contributed by atoms with van der Waals surface area (Å²) in [6.45, 7) is 0. The Hall–Kier alpha value is -0.490. The Morgan fingerprint density at radius 3 is 2.79 bits per heavy atom. The van der Waals surface area contributed by atoms with Crippen LogP contribution in [0.25, 0.3) is 0 Å². The van der Waals surface area contributed by atoms with Gasteiger partial charge >= 0.3 is 0 Å². The van der Waals surface area contributed by atoms with Gasteiger partial charge in [0.05, 0.1) is 5.75 Å². The number of sulfone groups is 1. The van der Waals surface area contributed by atoms with Crippen molar-refractivity contribution in [3.8, 4) is 0 Å². The maximum Gasteiger partial charge on any atom is 0.216 e. The number of hydrogen-bond donors (Lipinski definition) is 0. The van der Waals surface area contributed by atoms with Gasteiger partial charge in [-0.3, -0.25) is 0 Å². The summed E-state index contributed by atoms with van der Waals surface area (Å²) >= 11 is 3.14. The van der Waals surface area contributed by atoms with Crippen LogP contribution in [-0.4, -0.2) is 25.4 Å². The zero-order valence-corrected chi connectivity index (χ0v) is 9.90. The fraction of sp³-hybridized carbons (Fsp3) is 0.375. The highest BCUT2D eigenvalue weighted by atomic mass is 79.9. The van der Waals surface area contributed by atoms with Crippen molar-refractivity contribution in [1.82, 2.24) is 4.98 Å². The topological polar surface area (TPSA) is 47.0 Å². The molecule has 0 unspecified atom stereocenters. The summed E-state index contributed by atoms with van der Waals surface area (Å²) in [5.41, 5.74) is 0.310. The van der Waals surface area contributed by atoms with E-state index in [0.717, 1.165) is 6.26 Å². The van der Waals surface area contributed by atoms with Crippen molar-refractivity contribution in [3.63, 3.8) is 0 Å². The van der Waals surface area contributed by atoms with Crippen LogP contribution in [0.3, 0.4) is 0 Å². The third-order valence-corrected chi connectivity index (χ3v) is 3.00. The number of rotatable bonds is 3. The van der Waals surface area contributed by atoms with Gasteiger partial charge in [-0.15, -0.1) is 0 Å². The molecule has 0 amide bonds. The molecule has 0 fully saturated rings. The minimum atomic E-state index is -3.06. The lowest BCUT2D eigenvalue weighted by Crippen LogP contribution is -2.07. The molecule has 0 spiro atoms. The van der Waals surface area contributed by atoms with Crippen LogP contribution in [0.5, 0.6) is 0 Å². The average Bonchev–Trinajstić information content (AvgIpc) is 2.05. The number of aromatic nitrogens is 1. The van der Waals surface area contributed by atoms with Crippen molar-refractivity contribution in [1.29, 1.82) is 0 Å². The highest BCUT2D eigenvalue weighted by molar-refractivity contribution is 9.10. The summed E-state index contributed by atoms with van der Waals surface area (Å²) in [4.78, 5) is 3.47. The smallest absolute Gasteiger partial charge is 0.216 e. The van der Waals surface area contributed by atoms with Crippen molar-refractivity contribution in [2.45, 2.75) is 6.42 Å². The van der Waals surface area contributed by atoms with E-state index in [1.54, 1.807) is 0 Å². The van der Waals surface area contributed by atoms with Crippen LogP contribution < -0.4 is 0 Å². The van der Waals surface area contributed by atoms with Crippen molar-refractivity contribution in [2.75, 3.05) is 12.0 Å². The Morgan fingerprint density at radius 1 is 1.57 bits per heavy atom. The second-order valence-electron chi connectivity index (χ2n) is 2.98. The molecule has 1 heterocycles. The van der Waals surface area contributed by atoms with E-state index in [9.17, 15) is 12.8 Å².